The van der Waals surface area contributed by atoms with Gasteiger partial charge >= 0.3 is 5.97 Å². The van der Waals surface area contributed by atoms with Crippen LogP contribution in [0.25, 0.3) is 0 Å². The Morgan fingerprint density at radius 2 is 2.20 bits per heavy atom. The first-order valence-corrected chi connectivity index (χ1v) is 3.41. The third-order valence-electron chi connectivity index (χ3n) is 1.17. The molecule has 0 saturated heterocycles. The summed E-state index contributed by atoms with van der Waals surface area (Å²) in [5.41, 5.74) is 0.813. The van der Waals surface area contributed by atoms with Crippen LogP contribution in [0, 0.1) is 0 Å². The summed E-state index contributed by atoms with van der Waals surface area (Å²) in [6.45, 7) is 3.59. The largest absolute Gasteiger partial charge is 0.466 e. The van der Waals surface area contributed by atoms with Gasteiger partial charge in [-0.25, -0.2) is 4.79 Å². The summed E-state index contributed by atoms with van der Waals surface area (Å²) in [5, 5.41) is -0.112. The van der Waals surface area contributed by atoms with E-state index in [-0.39, 0.29) is 11.3 Å². The fourth-order valence-corrected chi connectivity index (χ4v) is 0.423. The van der Waals surface area contributed by atoms with Crippen molar-refractivity contribution in [1.82, 2.24) is 0 Å². The van der Waals surface area contributed by atoms with Crippen molar-refractivity contribution in [3.05, 3.63) is 11.6 Å². The van der Waals surface area contributed by atoms with Crippen LogP contribution in [0.1, 0.15) is 13.8 Å². The van der Waals surface area contributed by atoms with E-state index in [4.69, 9.17) is 11.6 Å². The molecular weight excluding hydrogens is 152 g/mol. The first kappa shape index (κ1) is 9.50. The minimum absolute atomic E-state index is 0.112. The number of methoxy groups -OCH3 is 1. The summed E-state index contributed by atoms with van der Waals surface area (Å²) in [7, 11) is 1.34. The molecule has 0 bridgehead atoms. The lowest BCUT2D eigenvalue weighted by Crippen LogP contribution is -2.00. The van der Waals surface area contributed by atoms with E-state index in [9.17, 15) is 4.79 Å². The zero-order valence-corrected chi connectivity index (χ0v) is 7.11. The highest BCUT2D eigenvalue weighted by Crippen LogP contribution is 2.07. The van der Waals surface area contributed by atoms with Crippen LogP contribution >= 0.6 is 11.6 Å². The van der Waals surface area contributed by atoms with Crippen molar-refractivity contribution in [3.8, 4) is 0 Å². The van der Waals surface area contributed by atoms with Crippen LogP contribution in [-0.4, -0.2) is 18.5 Å². The molecule has 2 nitrogen and oxygen atoms in total. The molecule has 0 aliphatic carbocycles. The lowest BCUT2D eigenvalue weighted by Gasteiger charge is -2.00. The van der Waals surface area contributed by atoms with Gasteiger partial charge in [-0.05, 0) is 19.4 Å². The van der Waals surface area contributed by atoms with Crippen molar-refractivity contribution in [2.24, 2.45) is 0 Å². The second-order valence-electron chi connectivity index (χ2n) is 2.03. The minimum Gasteiger partial charge on any atom is -0.466 e. The highest BCUT2D eigenvalue weighted by molar-refractivity contribution is 6.22. The number of allylic oxidation sites excluding steroid dienone is 1. The lowest BCUT2D eigenvalue weighted by atomic mass is 10.2. The van der Waals surface area contributed by atoms with Gasteiger partial charge in [0.25, 0.3) is 0 Å². The van der Waals surface area contributed by atoms with E-state index in [0.29, 0.717) is 0 Å². The van der Waals surface area contributed by atoms with E-state index in [0.717, 1.165) is 5.57 Å². The molecule has 0 aromatic carbocycles. The number of esters is 1. The fraction of sp³-hybridized carbons (Fsp3) is 0.571. The van der Waals surface area contributed by atoms with E-state index in [1.807, 2.05) is 0 Å². The van der Waals surface area contributed by atoms with Crippen molar-refractivity contribution in [1.29, 1.82) is 0 Å². The molecule has 0 rings (SSSR count). The number of halogens is 1. The van der Waals surface area contributed by atoms with E-state index in [1.165, 1.54) is 13.2 Å². The molecule has 0 aliphatic heterocycles. The molecule has 0 saturated carbocycles. The van der Waals surface area contributed by atoms with Gasteiger partial charge in [-0.1, -0.05) is 0 Å². The molecule has 0 heterocycles. The number of hydrogen-bond acceptors (Lipinski definition) is 2. The van der Waals surface area contributed by atoms with Crippen molar-refractivity contribution in [2.75, 3.05) is 7.11 Å². The zero-order chi connectivity index (χ0) is 8.15. The Hall–Kier alpha value is -0.500. The fourth-order valence-electron chi connectivity index (χ4n) is 0.360. The first-order chi connectivity index (χ1) is 4.57. The van der Waals surface area contributed by atoms with Gasteiger partial charge in [0.1, 0.15) is 0 Å². The van der Waals surface area contributed by atoms with Gasteiger partial charge in [-0.15, -0.1) is 11.6 Å². The highest BCUT2D eigenvalue weighted by atomic mass is 35.5. The predicted octanol–water partition coefficient (Wildman–Crippen LogP) is 1.73. The number of carbonyl (C=O) groups excluding carboxylic acids is 1. The average Bonchev–Trinajstić information content (AvgIpc) is 1.87. The van der Waals surface area contributed by atoms with Crippen LogP contribution in [0.15, 0.2) is 11.6 Å². The summed E-state index contributed by atoms with van der Waals surface area (Å²) in [4.78, 5) is 10.6. The van der Waals surface area contributed by atoms with Gasteiger partial charge < -0.3 is 4.74 Å². The van der Waals surface area contributed by atoms with Crippen LogP contribution in [0.3, 0.4) is 0 Å². The summed E-state index contributed by atoms with van der Waals surface area (Å²) in [6, 6.07) is 0. The van der Waals surface area contributed by atoms with E-state index >= 15 is 0 Å². The third-order valence-corrected chi connectivity index (χ3v) is 1.52. The maximum absolute atomic E-state index is 10.6. The number of ether oxygens (including phenoxy) is 1. The van der Waals surface area contributed by atoms with Crippen molar-refractivity contribution in [2.45, 2.75) is 19.2 Å². The van der Waals surface area contributed by atoms with Crippen molar-refractivity contribution < 1.29 is 9.53 Å². The molecule has 0 spiro atoms. The summed E-state index contributed by atoms with van der Waals surface area (Å²) in [6.07, 6.45) is 1.39. The molecule has 0 radical (unpaired) electrons. The molecule has 0 aromatic rings. The van der Waals surface area contributed by atoms with Crippen molar-refractivity contribution in [3.63, 3.8) is 0 Å². The maximum atomic E-state index is 10.6. The zero-order valence-electron chi connectivity index (χ0n) is 6.35. The first-order valence-electron chi connectivity index (χ1n) is 2.98. The van der Waals surface area contributed by atoms with Crippen LogP contribution in [0.5, 0.6) is 0 Å². The van der Waals surface area contributed by atoms with Gasteiger partial charge in [0, 0.05) is 6.08 Å². The predicted molar refractivity (Wildman–Crippen MR) is 41.1 cm³/mol. The molecule has 10 heavy (non-hydrogen) atoms. The number of carbonyl (C=O) groups is 1. The molecule has 0 aromatic heterocycles. The summed E-state index contributed by atoms with van der Waals surface area (Å²) in [5.74, 6) is -0.356. The molecule has 58 valence electrons. The smallest absolute Gasteiger partial charge is 0.330 e. The van der Waals surface area contributed by atoms with Gasteiger partial charge in [-0.3, -0.25) is 0 Å². The SMILES string of the molecule is COC(=O)C=C(C)C(C)Cl. The minimum atomic E-state index is -0.356. The van der Waals surface area contributed by atoms with E-state index in [1.54, 1.807) is 13.8 Å². The normalized spacial score (nSPS) is 14.6. The highest BCUT2D eigenvalue weighted by Gasteiger charge is 2.01. The molecular formula is C7H11ClO2. The Bertz CT molecular complexity index is 150. The van der Waals surface area contributed by atoms with Gasteiger partial charge in [0.15, 0.2) is 0 Å². The van der Waals surface area contributed by atoms with Crippen molar-refractivity contribution >= 4 is 17.6 Å². The molecule has 1 atom stereocenters. The summed E-state index contributed by atoms with van der Waals surface area (Å²) >= 11 is 5.65. The Morgan fingerprint density at radius 1 is 1.70 bits per heavy atom. The van der Waals surface area contributed by atoms with Crippen LogP contribution in [-0.2, 0) is 9.53 Å². The number of hydrogen-bond donors (Lipinski definition) is 0. The summed E-state index contributed by atoms with van der Waals surface area (Å²) < 4.78 is 4.40. The third kappa shape index (κ3) is 3.51. The Balaban J connectivity index is 4.03. The van der Waals surface area contributed by atoms with Gasteiger partial charge in [-0.2, -0.15) is 0 Å². The van der Waals surface area contributed by atoms with E-state index < -0.39 is 0 Å². The molecule has 3 heteroatoms. The van der Waals surface area contributed by atoms with Crippen LogP contribution in [0.4, 0.5) is 0 Å². The lowest BCUT2D eigenvalue weighted by molar-refractivity contribution is -0.134. The van der Waals surface area contributed by atoms with Crippen LogP contribution in [0.2, 0.25) is 0 Å². The standard InChI is InChI=1S/C7H11ClO2/c1-5(6(2)8)4-7(9)10-3/h4,6H,1-3H3. The molecule has 0 amide bonds. The topological polar surface area (TPSA) is 26.3 Å². The Labute approximate surface area is 65.8 Å². The van der Waals surface area contributed by atoms with Crippen LogP contribution < -0.4 is 0 Å². The second kappa shape index (κ2) is 4.34. The Kier molecular flexibility index (Phi) is 4.12. The second-order valence-corrected chi connectivity index (χ2v) is 2.68. The Morgan fingerprint density at radius 3 is 2.50 bits per heavy atom. The van der Waals surface area contributed by atoms with Gasteiger partial charge in [0.05, 0.1) is 12.5 Å². The molecule has 0 fully saturated rings. The van der Waals surface area contributed by atoms with Gasteiger partial charge in [0.2, 0.25) is 0 Å². The monoisotopic (exact) mass is 162 g/mol. The number of alkyl halides is 1. The van der Waals surface area contributed by atoms with E-state index in [2.05, 4.69) is 4.74 Å². The molecule has 1 unspecified atom stereocenters. The number of rotatable bonds is 2. The molecule has 0 N–H and O–H groups in total. The average molecular weight is 163 g/mol. The molecule has 0 aliphatic rings. The quantitative estimate of drug-likeness (QED) is 0.351. The maximum Gasteiger partial charge on any atom is 0.330 e.